The van der Waals surface area contributed by atoms with Gasteiger partial charge in [0.05, 0.1) is 12.6 Å². The maximum absolute atomic E-state index is 10.0. The standard InChI is InChI=1S/C6H13NO5/c7-3(1-8)5(11)6(12)4(10)2-9/h1,3-6,9-12H,2,7H2/t3-,4+,5-,6+/m1/s1. The highest BCUT2D eigenvalue weighted by atomic mass is 16.4. The highest BCUT2D eigenvalue weighted by Crippen LogP contribution is 2.01. The molecule has 0 fully saturated rings. The van der Waals surface area contributed by atoms with E-state index in [-0.39, 0.29) is 6.29 Å². The van der Waals surface area contributed by atoms with Crippen molar-refractivity contribution in [3.05, 3.63) is 0 Å². The first-order valence-electron chi connectivity index (χ1n) is 3.40. The Kier molecular flexibility index (Phi) is 4.95. The molecule has 4 atom stereocenters. The largest absolute Gasteiger partial charge is 0.394 e. The van der Waals surface area contributed by atoms with Crippen LogP contribution >= 0.6 is 0 Å². The van der Waals surface area contributed by atoms with E-state index in [1.807, 2.05) is 0 Å². The molecule has 0 spiro atoms. The van der Waals surface area contributed by atoms with Gasteiger partial charge in [-0.05, 0) is 0 Å². The summed E-state index contributed by atoms with van der Waals surface area (Å²) < 4.78 is 0. The topological polar surface area (TPSA) is 124 Å². The molecule has 0 saturated heterocycles. The van der Waals surface area contributed by atoms with Gasteiger partial charge in [0.1, 0.15) is 24.6 Å². The number of aliphatic hydroxyl groups is 4. The average Bonchev–Trinajstić information content (AvgIpc) is 2.12. The Morgan fingerprint density at radius 1 is 1.25 bits per heavy atom. The fourth-order valence-corrected chi connectivity index (χ4v) is 0.644. The molecule has 0 radical (unpaired) electrons. The van der Waals surface area contributed by atoms with Gasteiger partial charge >= 0.3 is 0 Å². The summed E-state index contributed by atoms with van der Waals surface area (Å²) in [6.45, 7) is -0.705. The zero-order valence-electron chi connectivity index (χ0n) is 6.37. The first-order valence-corrected chi connectivity index (χ1v) is 3.40. The second-order valence-electron chi connectivity index (χ2n) is 2.44. The van der Waals surface area contributed by atoms with Gasteiger partial charge in [0.15, 0.2) is 0 Å². The molecule has 0 aliphatic carbocycles. The van der Waals surface area contributed by atoms with Gasteiger partial charge in [-0.1, -0.05) is 0 Å². The molecule has 0 aliphatic rings. The zero-order chi connectivity index (χ0) is 9.72. The van der Waals surface area contributed by atoms with Crippen LogP contribution in [0.3, 0.4) is 0 Å². The van der Waals surface area contributed by atoms with Crippen molar-refractivity contribution in [3.8, 4) is 0 Å². The Balaban J connectivity index is 4.07. The molecule has 0 amide bonds. The average molecular weight is 179 g/mol. The molecule has 0 aromatic carbocycles. The van der Waals surface area contributed by atoms with Crippen molar-refractivity contribution in [1.82, 2.24) is 0 Å². The van der Waals surface area contributed by atoms with Crippen molar-refractivity contribution in [2.24, 2.45) is 5.73 Å². The molecule has 0 aromatic rings. The Hall–Kier alpha value is -0.530. The molecule has 72 valence electrons. The summed E-state index contributed by atoms with van der Waals surface area (Å²) in [6.07, 6.45) is -4.43. The number of aliphatic hydroxyl groups excluding tert-OH is 4. The predicted octanol–water partition coefficient (Wildman–Crippen LogP) is -3.41. The minimum absolute atomic E-state index is 0.248. The molecular formula is C6H13NO5. The highest BCUT2D eigenvalue weighted by molar-refractivity contribution is 5.58. The van der Waals surface area contributed by atoms with E-state index in [2.05, 4.69) is 0 Å². The first-order chi connectivity index (χ1) is 5.54. The summed E-state index contributed by atoms with van der Waals surface area (Å²) in [5.74, 6) is 0. The van der Waals surface area contributed by atoms with Crippen LogP contribution in [0.25, 0.3) is 0 Å². The van der Waals surface area contributed by atoms with Gasteiger partial charge in [0, 0.05) is 0 Å². The van der Waals surface area contributed by atoms with Crippen LogP contribution in [-0.2, 0) is 4.79 Å². The molecule has 0 heterocycles. The normalized spacial score (nSPS) is 21.1. The Morgan fingerprint density at radius 2 is 1.75 bits per heavy atom. The van der Waals surface area contributed by atoms with Gasteiger partial charge in [-0.15, -0.1) is 0 Å². The number of nitrogens with two attached hydrogens (primary N) is 1. The number of hydrogen-bond donors (Lipinski definition) is 5. The summed E-state index contributed by atoms with van der Waals surface area (Å²) >= 11 is 0. The fourth-order valence-electron chi connectivity index (χ4n) is 0.644. The van der Waals surface area contributed by atoms with Crippen LogP contribution in [-0.4, -0.2) is 57.7 Å². The molecule has 0 unspecified atom stereocenters. The van der Waals surface area contributed by atoms with Crippen molar-refractivity contribution in [2.75, 3.05) is 6.61 Å². The lowest BCUT2D eigenvalue weighted by Gasteiger charge is -2.23. The smallest absolute Gasteiger partial charge is 0.139 e. The third kappa shape index (κ3) is 2.84. The van der Waals surface area contributed by atoms with E-state index in [4.69, 9.17) is 26.2 Å². The summed E-state index contributed by atoms with van der Waals surface area (Å²) in [4.78, 5) is 10.0. The van der Waals surface area contributed by atoms with E-state index in [1.54, 1.807) is 0 Å². The van der Waals surface area contributed by atoms with Crippen molar-refractivity contribution in [1.29, 1.82) is 0 Å². The van der Waals surface area contributed by atoms with E-state index >= 15 is 0 Å². The lowest BCUT2D eigenvalue weighted by Crippen LogP contribution is -2.49. The number of carbonyl (C=O) groups is 1. The van der Waals surface area contributed by atoms with Gasteiger partial charge in [0.2, 0.25) is 0 Å². The van der Waals surface area contributed by atoms with Crippen molar-refractivity contribution >= 4 is 6.29 Å². The monoisotopic (exact) mass is 179 g/mol. The summed E-state index contributed by atoms with van der Waals surface area (Å²) in [5, 5.41) is 35.2. The summed E-state index contributed by atoms with van der Waals surface area (Å²) in [5.41, 5.74) is 5.04. The first kappa shape index (κ1) is 11.5. The lowest BCUT2D eigenvalue weighted by atomic mass is 10.0. The number of carbonyl (C=O) groups excluding carboxylic acids is 1. The minimum Gasteiger partial charge on any atom is -0.394 e. The highest BCUT2D eigenvalue weighted by Gasteiger charge is 2.28. The Bertz CT molecular complexity index is 142. The predicted molar refractivity (Wildman–Crippen MR) is 39.1 cm³/mol. The van der Waals surface area contributed by atoms with E-state index in [1.165, 1.54) is 0 Å². The maximum atomic E-state index is 10.0. The van der Waals surface area contributed by atoms with E-state index in [9.17, 15) is 4.79 Å². The second-order valence-corrected chi connectivity index (χ2v) is 2.44. The fraction of sp³-hybridized carbons (Fsp3) is 0.833. The van der Waals surface area contributed by atoms with Gasteiger partial charge in [-0.3, -0.25) is 0 Å². The molecule has 0 saturated carbocycles. The lowest BCUT2D eigenvalue weighted by molar-refractivity contribution is -0.118. The van der Waals surface area contributed by atoms with Gasteiger partial charge in [-0.2, -0.15) is 0 Å². The molecule has 0 aromatic heterocycles. The second kappa shape index (κ2) is 5.18. The quantitative estimate of drug-likeness (QED) is 0.280. The minimum atomic E-state index is -1.62. The van der Waals surface area contributed by atoms with Crippen LogP contribution in [0, 0.1) is 0 Å². The molecule has 0 aliphatic heterocycles. The molecule has 6 N–H and O–H groups in total. The van der Waals surface area contributed by atoms with Gasteiger partial charge in [0.25, 0.3) is 0 Å². The molecule has 12 heavy (non-hydrogen) atoms. The summed E-state index contributed by atoms with van der Waals surface area (Å²) in [6, 6.07) is -1.26. The SMILES string of the molecule is N[C@H](C=O)[C@@H](O)[C@@H](O)[C@@H](O)CO. The molecule has 6 heteroatoms. The molecular weight excluding hydrogens is 166 g/mol. The van der Waals surface area contributed by atoms with Crippen molar-refractivity contribution in [2.45, 2.75) is 24.4 Å². The van der Waals surface area contributed by atoms with Crippen LogP contribution in [0.5, 0.6) is 0 Å². The third-order valence-corrected chi connectivity index (χ3v) is 1.48. The third-order valence-electron chi connectivity index (χ3n) is 1.48. The van der Waals surface area contributed by atoms with Gasteiger partial charge in [-0.25, -0.2) is 0 Å². The van der Waals surface area contributed by atoms with Crippen LogP contribution in [0.15, 0.2) is 0 Å². The Morgan fingerprint density at radius 3 is 2.08 bits per heavy atom. The van der Waals surface area contributed by atoms with Crippen molar-refractivity contribution < 1.29 is 25.2 Å². The zero-order valence-corrected chi connectivity index (χ0v) is 6.37. The van der Waals surface area contributed by atoms with E-state index in [0.29, 0.717) is 0 Å². The maximum Gasteiger partial charge on any atom is 0.139 e. The van der Waals surface area contributed by atoms with Crippen LogP contribution in [0.1, 0.15) is 0 Å². The molecule has 6 nitrogen and oxygen atoms in total. The number of hydrogen-bond acceptors (Lipinski definition) is 6. The van der Waals surface area contributed by atoms with Gasteiger partial charge < -0.3 is 31.0 Å². The van der Waals surface area contributed by atoms with Crippen molar-refractivity contribution in [3.63, 3.8) is 0 Å². The van der Waals surface area contributed by atoms with E-state index in [0.717, 1.165) is 0 Å². The molecule has 0 bridgehead atoms. The van der Waals surface area contributed by atoms with Crippen LogP contribution in [0.4, 0.5) is 0 Å². The molecule has 0 rings (SSSR count). The summed E-state index contributed by atoms with van der Waals surface area (Å²) in [7, 11) is 0. The van der Waals surface area contributed by atoms with Crippen LogP contribution in [0.2, 0.25) is 0 Å². The van der Waals surface area contributed by atoms with Crippen LogP contribution < -0.4 is 5.73 Å². The number of rotatable bonds is 5. The number of aldehydes is 1. The van der Waals surface area contributed by atoms with E-state index < -0.39 is 31.0 Å². The Labute approximate surface area is 69.2 Å².